The standard InChI is InChI=1S/C27H28N4O2S/c32-26(19-33-20-27-29-24-8-4-5-9-25(24)34-27)28-22-10-12-23(13-11-22)31-16-14-30(15-17-31)18-21-6-2-1-3-7-21/h1-13H,14-20H2,(H,28,32). The number of carbonyl (C=O) groups excluding carboxylic acids is 1. The number of aromatic nitrogens is 1. The van der Waals surface area contributed by atoms with Crippen LogP contribution in [0.4, 0.5) is 11.4 Å². The molecule has 34 heavy (non-hydrogen) atoms. The highest BCUT2D eigenvalue weighted by Gasteiger charge is 2.17. The van der Waals surface area contributed by atoms with Gasteiger partial charge in [-0.2, -0.15) is 0 Å². The van der Waals surface area contributed by atoms with Gasteiger partial charge in [-0.15, -0.1) is 11.3 Å². The van der Waals surface area contributed by atoms with E-state index in [9.17, 15) is 4.79 Å². The lowest BCUT2D eigenvalue weighted by molar-refractivity contribution is -0.121. The molecule has 1 aliphatic rings. The molecule has 5 rings (SSSR count). The molecule has 2 heterocycles. The van der Waals surface area contributed by atoms with E-state index in [0.29, 0.717) is 6.61 Å². The van der Waals surface area contributed by atoms with Crippen LogP contribution in [0.25, 0.3) is 10.2 Å². The Hall–Kier alpha value is -3.26. The molecule has 1 saturated heterocycles. The second-order valence-corrected chi connectivity index (χ2v) is 9.53. The number of nitrogens with zero attached hydrogens (tertiary/aromatic N) is 3. The zero-order valence-electron chi connectivity index (χ0n) is 19.0. The molecule has 174 valence electrons. The molecule has 4 aromatic rings. The zero-order chi connectivity index (χ0) is 23.2. The van der Waals surface area contributed by atoms with Gasteiger partial charge in [0.2, 0.25) is 5.91 Å². The summed E-state index contributed by atoms with van der Waals surface area (Å²) in [6.07, 6.45) is 0. The molecular formula is C27H28N4O2S. The van der Waals surface area contributed by atoms with Crippen LogP contribution in [0.2, 0.25) is 0 Å². The number of carbonyl (C=O) groups is 1. The Labute approximate surface area is 203 Å². The molecular weight excluding hydrogens is 444 g/mol. The fourth-order valence-corrected chi connectivity index (χ4v) is 5.08. The summed E-state index contributed by atoms with van der Waals surface area (Å²) in [7, 11) is 0. The average molecular weight is 473 g/mol. The first-order valence-corrected chi connectivity index (χ1v) is 12.4. The third-order valence-electron chi connectivity index (χ3n) is 5.93. The number of para-hydroxylation sites is 1. The van der Waals surface area contributed by atoms with Crippen LogP contribution in [-0.4, -0.2) is 48.6 Å². The van der Waals surface area contributed by atoms with Gasteiger partial charge in [0.15, 0.2) is 0 Å². The highest BCUT2D eigenvalue weighted by Crippen LogP contribution is 2.22. The van der Waals surface area contributed by atoms with E-state index in [1.54, 1.807) is 11.3 Å². The summed E-state index contributed by atoms with van der Waals surface area (Å²) in [5.74, 6) is -0.164. The van der Waals surface area contributed by atoms with Crippen LogP contribution in [0.5, 0.6) is 0 Å². The lowest BCUT2D eigenvalue weighted by atomic mass is 10.2. The summed E-state index contributed by atoms with van der Waals surface area (Å²) in [6, 6.07) is 26.7. The van der Waals surface area contributed by atoms with E-state index < -0.39 is 0 Å². The van der Waals surface area contributed by atoms with E-state index in [1.807, 2.05) is 36.4 Å². The van der Waals surface area contributed by atoms with Crippen LogP contribution >= 0.6 is 11.3 Å². The smallest absolute Gasteiger partial charge is 0.250 e. The predicted molar refractivity (Wildman–Crippen MR) is 138 cm³/mol. The second-order valence-electron chi connectivity index (χ2n) is 8.41. The van der Waals surface area contributed by atoms with Gasteiger partial charge in [-0.25, -0.2) is 4.98 Å². The molecule has 3 aromatic carbocycles. The number of ether oxygens (including phenoxy) is 1. The molecule has 1 N–H and O–H groups in total. The van der Waals surface area contributed by atoms with Crippen molar-refractivity contribution in [1.82, 2.24) is 9.88 Å². The number of thiazole rings is 1. The molecule has 0 saturated carbocycles. The minimum atomic E-state index is -0.164. The van der Waals surface area contributed by atoms with Crippen LogP contribution in [0.3, 0.4) is 0 Å². The summed E-state index contributed by atoms with van der Waals surface area (Å²) in [5, 5.41) is 3.79. The predicted octanol–water partition coefficient (Wildman–Crippen LogP) is 4.77. The quantitative estimate of drug-likeness (QED) is 0.400. The number of hydrogen-bond acceptors (Lipinski definition) is 6. The van der Waals surface area contributed by atoms with Crippen molar-refractivity contribution in [2.75, 3.05) is 43.0 Å². The van der Waals surface area contributed by atoms with E-state index in [4.69, 9.17) is 4.74 Å². The Bertz CT molecular complexity index is 1190. The first-order valence-electron chi connectivity index (χ1n) is 11.6. The Balaban J connectivity index is 1.05. The van der Waals surface area contributed by atoms with Gasteiger partial charge in [0.05, 0.1) is 16.8 Å². The highest BCUT2D eigenvalue weighted by molar-refractivity contribution is 7.18. The summed E-state index contributed by atoms with van der Waals surface area (Å²) in [4.78, 5) is 21.7. The Kier molecular flexibility index (Phi) is 7.14. The number of fused-ring (bicyclic) bond motifs is 1. The minimum absolute atomic E-state index is 0.00104. The fourth-order valence-electron chi connectivity index (χ4n) is 4.17. The maximum Gasteiger partial charge on any atom is 0.250 e. The van der Waals surface area contributed by atoms with Crippen molar-refractivity contribution in [2.45, 2.75) is 13.2 Å². The second kappa shape index (κ2) is 10.8. The van der Waals surface area contributed by atoms with E-state index >= 15 is 0 Å². The molecule has 0 spiro atoms. The normalized spacial score (nSPS) is 14.4. The lowest BCUT2D eigenvalue weighted by Crippen LogP contribution is -2.45. The van der Waals surface area contributed by atoms with Crippen molar-refractivity contribution in [3.05, 3.63) is 89.4 Å². The lowest BCUT2D eigenvalue weighted by Gasteiger charge is -2.36. The molecule has 6 nitrogen and oxygen atoms in total. The summed E-state index contributed by atoms with van der Waals surface area (Å²) >= 11 is 1.59. The van der Waals surface area contributed by atoms with Gasteiger partial charge in [0, 0.05) is 44.1 Å². The third-order valence-corrected chi connectivity index (χ3v) is 6.94. The number of amides is 1. The molecule has 0 bridgehead atoms. The van der Waals surface area contributed by atoms with Crippen LogP contribution in [0.15, 0.2) is 78.9 Å². The monoisotopic (exact) mass is 472 g/mol. The Morgan fingerprint density at radius 3 is 2.41 bits per heavy atom. The molecule has 0 aliphatic carbocycles. The van der Waals surface area contributed by atoms with Gasteiger partial charge in [0.1, 0.15) is 11.6 Å². The molecule has 1 aliphatic heterocycles. The zero-order valence-corrected chi connectivity index (χ0v) is 19.8. The number of anilines is 2. The van der Waals surface area contributed by atoms with Gasteiger partial charge in [-0.1, -0.05) is 42.5 Å². The molecule has 1 amide bonds. The summed E-state index contributed by atoms with van der Waals surface area (Å²) in [5.41, 5.74) is 4.29. The van der Waals surface area contributed by atoms with Crippen molar-refractivity contribution < 1.29 is 9.53 Å². The minimum Gasteiger partial charge on any atom is -0.369 e. The number of rotatable bonds is 8. The van der Waals surface area contributed by atoms with Crippen LogP contribution in [-0.2, 0) is 22.7 Å². The van der Waals surface area contributed by atoms with Crippen molar-refractivity contribution >= 4 is 38.8 Å². The number of piperazine rings is 1. The van der Waals surface area contributed by atoms with Gasteiger partial charge in [-0.05, 0) is 42.0 Å². The van der Waals surface area contributed by atoms with Crippen LogP contribution in [0.1, 0.15) is 10.6 Å². The van der Waals surface area contributed by atoms with Crippen LogP contribution < -0.4 is 10.2 Å². The van der Waals surface area contributed by atoms with E-state index in [2.05, 4.69) is 62.6 Å². The fraction of sp³-hybridized carbons (Fsp3) is 0.259. The van der Waals surface area contributed by atoms with Crippen molar-refractivity contribution in [3.63, 3.8) is 0 Å². The topological polar surface area (TPSA) is 57.7 Å². The number of benzene rings is 3. The summed E-state index contributed by atoms with van der Waals surface area (Å²) in [6.45, 7) is 5.42. The number of hydrogen-bond donors (Lipinski definition) is 1. The molecule has 7 heteroatoms. The van der Waals surface area contributed by atoms with Crippen molar-refractivity contribution in [2.24, 2.45) is 0 Å². The van der Waals surface area contributed by atoms with E-state index in [0.717, 1.165) is 53.6 Å². The van der Waals surface area contributed by atoms with Gasteiger partial charge in [0.25, 0.3) is 0 Å². The first-order chi connectivity index (χ1) is 16.7. The average Bonchev–Trinajstić information content (AvgIpc) is 3.29. The van der Waals surface area contributed by atoms with Crippen molar-refractivity contribution in [1.29, 1.82) is 0 Å². The largest absolute Gasteiger partial charge is 0.369 e. The van der Waals surface area contributed by atoms with Crippen LogP contribution in [0, 0.1) is 0 Å². The number of nitrogens with one attached hydrogen (secondary N) is 1. The van der Waals surface area contributed by atoms with Gasteiger partial charge in [-0.3, -0.25) is 9.69 Å². The molecule has 0 radical (unpaired) electrons. The molecule has 1 aromatic heterocycles. The van der Waals surface area contributed by atoms with Gasteiger partial charge >= 0.3 is 0 Å². The van der Waals surface area contributed by atoms with E-state index in [1.165, 1.54) is 11.3 Å². The Morgan fingerprint density at radius 1 is 0.912 bits per heavy atom. The maximum atomic E-state index is 12.3. The Morgan fingerprint density at radius 2 is 1.65 bits per heavy atom. The maximum absolute atomic E-state index is 12.3. The first kappa shape index (κ1) is 22.5. The summed E-state index contributed by atoms with van der Waals surface area (Å²) < 4.78 is 6.71. The third kappa shape index (κ3) is 5.80. The molecule has 0 unspecified atom stereocenters. The molecule has 1 fully saturated rings. The highest BCUT2D eigenvalue weighted by atomic mass is 32.1. The molecule has 0 atom stereocenters. The SMILES string of the molecule is O=C(COCc1nc2ccccc2s1)Nc1ccc(N2CCN(Cc3ccccc3)CC2)cc1. The van der Waals surface area contributed by atoms with Crippen molar-refractivity contribution in [3.8, 4) is 0 Å². The van der Waals surface area contributed by atoms with Gasteiger partial charge < -0.3 is 15.0 Å². The van der Waals surface area contributed by atoms with E-state index in [-0.39, 0.29) is 12.5 Å².